The first kappa shape index (κ1) is 23.1. The minimum atomic E-state index is 0.00361. The van der Waals surface area contributed by atoms with Crippen LogP contribution in [0.15, 0.2) is 54.7 Å². The topological polar surface area (TPSA) is 58.1 Å². The van der Waals surface area contributed by atoms with Crippen LogP contribution in [-0.2, 0) is 4.79 Å². The predicted octanol–water partition coefficient (Wildman–Crippen LogP) is 6.39. The summed E-state index contributed by atoms with van der Waals surface area (Å²) in [4.78, 5) is 24.7. The zero-order valence-electron chi connectivity index (χ0n) is 19.3. The lowest BCUT2D eigenvalue weighted by Crippen LogP contribution is -2.51. The highest BCUT2D eigenvalue weighted by molar-refractivity contribution is 6.31. The zero-order chi connectivity index (χ0) is 23.8. The summed E-state index contributed by atoms with van der Waals surface area (Å²) in [6.45, 7) is 3.88. The van der Waals surface area contributed by atoms with Crippen molar-refractivity contribution in [1.82, 2.24) is 15.3 Å². The van der Waals surface area contributed by atoms with Crippen molar-refractivity contribution < 1.29 is 4.79 Å². The van der Waals surface area contributed by atoms with Crippen LogP contribution in [-0.4, -0.2) is 34.0 Å². The van der Waals surface area contributed by atoms with E-state index in [0.29, 0.717) is 22.1 Å². The van der Waals surface area contributed by atoms with Crippen molar-refractivity contribution in [3.05, 3.63) is 64.8 Å². The standard InChI is InChI=1S/C27H28Cl2N4O/c1-16(2)27(34)31-21-13-22-11-12-23(14-21)33(22)24-15-30-25(17-3-7-19(28)8-4-17)26(32-24)18-5-9-20(29)10-6-18/h3-10,15-16,21-23H,11-14H2,1-2H3,(H,31,34). The molecule has 1 amide bonds. The molecule has 3 heterocycles. The van der Waals surface area contributed by atoms with Crippen LogP contribution in [0.4, 0.5) is 5.82 Å². The van der Waals surface area contributed by atoms with Crippen molar-refractivity contribution in [1.29, 1.82) is 0 Å². The number of hydrogen-bond acceptors (Lipinski definition) is 4. The number of nitrogens with zero attached hydrogens (tertiary/aromatic N) is 3. The smallest absolute Gasteiger partial charge is 0.222 e. The molecule has 3 aromatic rings. The first-order valence-corrected chi connectivity index (χ1v) is 12.6. The van der Waals surface area contributed by atoms with Crippen LogP contribution in [0, 0.1) is 5.92 Å². The van der Waals surface area contributed by atoms with E-state index in [2.05, 4.69) is 10.2 Å². The van der Waals surface area contributed by atoms with Gasteiger partial charge in [0.2, 0.25) is 5.91 Å². The van der Waals surface area contributed by atoms with Gasteiger partial charge >= 0.3 is 0 Å². The molecule has 0 spiro atoms. The van der Waals surface area contributed by atoms with Crippen molar-refractivity contribution in [3.63, 3.8) is 0 Å². The average molecular weight is 495 g/mol. The summed E-state index contributed by atoms with van der Waals surface area (Å²) < 4.78 is 0. The summed E-state index contributed by atoms with van der Waals surface area (Å²) in [5.41, 5.74) is 3.57. The van der Waals surface area contributed by atoms with Crippen LogP contribution in [0.3, 0.4) is 0 Å². The van der Waals surface area contributed by atoms with Crippen molar-refractivity contribution in [2.75, 3.05) is 4.90 Å². The van der Waals surface area contributed by atoms with E-state index in [1.165, 1.54) is 0 Å². The van der Waals surface area contributed by atoms with Gasteiger partial charge in [0.1, 0.15) is 5.82 Å². The number of fused-ring (bicyclic) bond motifs is 2. The van der Waals surface area contributed by atoms with Crippen molar-refractivity contribution >= 4 is 34.9 Å². The monoisotopic (exact) mass is 494 g/mol. The van der Waals surface area contributed by atoms with Crippen molar-refractivity contribution in [3.8, 4) is 22.5 Å². The normalized spacial score (nSPS) is 21.7. The molecule has 2 saturated heterocycles. The van der Waals surface area contributed by atoms with Gasteiger partial charge in [-0.3, -0.25) is 9.78 Å². The van der Waals surface area contributed by atoms with E-state index >= 15 is 0 Å². The highest BCUT2D eigenvalue weighted by Crippen LogP contribution is 2.40. The van der Waals surface area contributed by atoms with E-state index in [1.807, 2.05) is 68.6 Å². The van der Waals surface area contributed by atoms with E-state index in [0.717, 1.165) is 54.0 Å². The Morgan fingerprint density at radius 2 is 1.44 bits per heavy atom. The van der Waals surface area contributed by atoms with E-state index < -0.39 is 0 Å². The Kier molecular flexibility index (Phi) is 6.50. The lowest BCUT2D eigenvalue weighted by Gasteiger charge is -2.40. The molecule has 176 valence electrons. The molecular weight excluding hydrogens is 467 g/mol. The Labute approximate surface area is 210 Å². The zero-order valence-corrected chi connectivity index (χ0v) is 20.9. The predicted molar refractivity (Wildman–Crippen MR) is 138 cm³/mol. The SMILES string of the molecule is CC(C)C(=O)NC1CC2CCC(C1)N2c1cnc(-c2ccc(Cl)cc2)c(-c2ccc(Cl)cc2)n1. The van der Waals surface area contributed by atoms with E-state index in [9.17, 15) is 4.79 Å². The molecule has 5 nitrogen and oxygen atoms in total. The number of carbonyl (C=O) groups excluding carboxylic acids is 1. The molecule has 0 saturated carbocycles. The van der Waals surface area contributed by atoms with Gasteiger partial charge in [-0.25, -0.2) is 4.98 Å². The number of nitrogens with one attached hydrogen (secondary N) is 1. The van der Waals surface area contributed by atoms with Crippen LogP contribution in [0.5, 0.6) is 0 Å². The molecule has 0 radical (unpaired) electrons. The Balaban J connectivity index is 1.48. The van der Waals surface area contributed by atoms with Gasteiger partial charge in [-0.1, -0.05) is 61.3 Å². The minimum absolute atomic E-state index is 0.00361. The van der Waals surface area contributed by atoms with Crippen LogP contribution >= 0.6 is 23.2 Å². The van der Waals surface area contributed by atoms with Gasteiger partial charge < -0.3 is 10.2 Å². The molecule has 2 bridgehead atoms. The Morgan fingerprint density at radius 1 is 0.912 bits per heavy atom. The van der Waals surface area contributed by atoms with Crippen LogP contribution in [0.25, 0.3) is 22.5 Å². The quantitative estimate of drug-likeness (QED) is 0.446. The van der Waals surface area contributed by atoms with E-state index in [4.69, 9.17) is 33.2 Å². The molecule has 2 atom stereocenters. The maximum atomic E-state index is 12.3. The lowest BCUT2D eigenvalue weighted by molar-refractivity contribution is -0.124. The van der Waals surface area contributed by atoms with Crippen LogP contribution in [0.2, 0.25) is 10.0 Å². The number of halogens is 2. The van der Waals surface area contributed by atoms with Crippen molar-refractivity contribution in [2.45, 2.75) is 57.7 Å². The van der Waals surface area contributed by atoms with E-state index in [1.54, 1.807) is 0 Å². The number of carbonyl (C=O) groups is 1. The molecule has 2 aromatic carbocycles. The third kappa shape index (κ3) is 4.64. The van der Waals surface area contributed by atoms with Gasteiger partial charge in [-0.05, 0) is 49.9 Å². The molecule has 2 aliphatic heterocycles. The number of amides is 1. The maximum Gasteiger partial charge on any atom is 0.222 e. The number of anilines is 1. The summed E-state index contributed by atoms with van der Waals surface area (Å²) in [7, 11) is 0. The largest absolute Gasteiger partial charge is 0.353 e. The number of benzene rings is 2. The summed E-state index contributed by atoms with van der Waals surface area (Å²) in [5, 5.41) is 4.61. The molecule has 2 fully saturated rings. The molecular formula is C27H28Cl2N4O. The molecule has 7 heteroatoms. The molecule has 2 unspecified atom stereocenters. The number of rotatable bonds is 5. The Bertz CT molecular complexity index is 1170. The highest BCUT2D eigenvalue weighted by atomic mass is 35.5. The molecule has 0 aliphatic carbocycles. The van der Waals surface area contributed by atoms with Gasteiger partial charge in [0.25, 0.3) is 0 Å². The third-order valence-electron chi connectivity index (χ3n) is 6.86. The Hall–Kier alpha value is -2.63. The van der Waals surface area contributed by atoms with Gasteiger partial charge in [0.05, 0.1) is 17.6 Å². The van der Waals surface area contributed by atoms with Crippen LogP contribution in [0.1, 0.15) is 39.5 Å². The van der Waals surface area contributed by atoms with Crippen molar-refractivity contribution in [2.24, 2.45) is 5.92 Å². The lowest BCUT2D eigenvalue weighted by atomic mass is 9.96. The maximum absolute atomic E-state index is 12.3. The van der Waals surface area contributed by atoms with E-state index in [-0.39, 0.29) is 17.9 Å². The summed E-state index contributed by atoms with van der Waals surface area (Å²) >= 11 is 12.3. The second-order valence-corrected chi connectivity index (χ2v) is 10.4. The molecule has 2 aliphatic rings. The first-order valence-electron chi connectivity index (χ1n) is 11.9. The fourth-order valence-corrected chi connectivity index (χ4v) is 5.42. The average Bonchev–Trinajstić information content (AvgIpc) is 3.10. The number of piperidine rings is 1. The highest BCUT2D eigenvalue weighted by Gasteiger charge is 2.42. The summed E-state index contributed by atoms with van der Waals surface area (Å²) in [6, 6.07) is 16.3. The molecule has 5 rings (SSSR count). The molecule has 1 N–H and O–H groups in total. The Morgan fingerprint density at radius 3 is 1.97 bits per heavy atom. The van der Waals surface area contributed by atoms with Gasteiger partial charge in [0, 0.05) is 45.2 Å². The van der Waals surface area contributed by atoms with Gasteiger partial charge in [0.15, 0.2) is 0 Å². The first-order chi connectivity index (χ1) is 16.4. The fourth-order valence-electron chi connectivity index (χ4n) is 5.17. The molecule has 1 aromatic heterocycles. The second-order valence-electron chi connectivity index (χ2n) is 9.56. The molecule has 34 heavy (non-hydrogen) atoms. The third-order valence-corrected chi connectivity index (χ3v) is 7.37. The summed E-state index contributed by atoms with van der Waals surface area (Å²) in [5.74, 6) is 1.03. The van der Waals surface area contributed by atoms with Gasteiger partial charge in [-0.15, -0.1) is 0 Å². The fraction of sp³-hybridized carbons (Fsp3) is 0.370. The summed E-state index contributed by atoms with van der Waals surface area (Å²) in [6.07, 6.45) is 5.98. The van der Waals surface area contributed by atoms with Gasteiger partial charge in [-0.2, -0.15) is 0 Å². The van der Waals surface area contributed by atoms with Crippen LogP contribution < -0.4 is 10.2 Å². The number of aromatic nitrogens is 2. The number of hydrogen-bond donors (Lipinski definition) is 1. The minimum Gasteiger partial charge on any atom is -0.353 e. The second kappa shape index (κ2) is 9.55.